The highest BCUT2D eigenvalue weighted by Crippen LogP contribution is 2.52. The molecule has 0 unspecified atom stereocenters. The van der Waals surface area contributed by atoms with E-state index in [9.17, 15) is 4.79 Å². The number of benzene rings is 4. The SMILES string of the molecule is COc1cc(-c2coc3cc(OCc4ccccc4)c(OCc4ccccc4)cc3c2=O)c(OC)c2c1OCO2. The summed E-state index contributed by atoms with van der Waals surface area (Å²) in [5, 5.41) is 0.325. The molecule has 8 heteroatoms. The van der Waals surface area contributed by atoms with Crippen molar-refractivity contribution in [3.63, 3.8) is 0 Å². The van der Waals surface area contributed by atoms with Crippen molar-refractivity contribution in [2.24, 2.45) is 0 Å². The van der Waals surface area contributed by atoms with Crippen molar-refractivity contribution >= 4 is 11.0 Å². The van der Waals surface area contributed by atoms with Crippen LogP contribution < -0.4 is 33.8 Å². The second-order valence-corrected chi connectivity index (χ2v) is 9.05. The molecule has 0 saturated heterocycles. The Morgan fingerprint density at radius 1 is 0.700 bits per heavy atom. The van der Waals surface area contributed by atoms with Crippen LogP contribution in [0.15, 0.2) is 94.3 Å². The van der Waals surface area contributed by atoms with Gasteiger partial charge in [-0.25, -0.2) is 0 Å². The van der Waals surface area contributed by atoms with Gasteiger partial charge in [-0.2, -0.15) is 0 Å². The average molecular weight is 539 g/mol. The first kappa shape index (κ1) is 25.2. The maximum atomic E-state index is 13.9. The summed E-state index contributed by atoms with van der Waals surface area (Å²) in [5.41, 5.74) is 2.78. The Balaban J connectivity index is 1.44. The minimum atomic E-state index is -0.278. The quantitative estimate of drug-likeness (QED) is 0.214. The van der Waals surface area contributed by atoms with E-state index in [2.05, 4.69) is 0 Å². The van der Waals surface area contributed by atoms with Gasteiger partial charge < -0.3 is 32.8 Å². The van der Waals surface area contributed by atoms with Crippen LogP contribution in [0.5, 0.6) is 34.5 Å². The van der Waals surface area contributed by atoms with Gasteiger partial charge in [0.05, 0.1) is 25.2 Å². The number of ether oxygens (including phenoxy) is 6. The maximum absolute atomic E-state index is 13.9. The van der Waals surface area contributed by atoms with Crippen LogP contribution in [0.4, 0.5) is 0 Å². The Hall–Kier alpha value is -5.11. The Morgan fingerprint density at radius 3 is 1.95 bits per heavy atom. The van der Waals surface area contributed by atoms with Crippen LogP contribution in [0, 0.1) is 0 Å². The van der Waals surface area contributed by atoms with Gasteiger partial charge in [0.25, 0.3) is 0 Å². The summed E-state index contributed by atoms with van der Waals surface area (Å²) < 4.78 is 40.6. The highest BCUT2D eigenvalue weighted by Gasteiger charge is 2.29. The molecule has 202 valence electrons. The van der Waals surface area contributed by atoms with E-state index < -0.39 is 0 Å². The Kier molecular flexibility index (Phi) is 6.89. The van der Waals surface area contributed by atoms with Gasteiger partial charge in [0.15, 0.2) is 23.0 Å². The number of rotatable bonds is 9. The van der Waals surface area contributed by atoms with E-state index in [4.69, 9.17) is 32.8 Å². The molecule has 1 aromatic heterocycles. The highest BCUT2D eigenvalue weighted by molar-refractivity contribution is 5.87. The van der Waals surface area contributed by atoms with Crippen molar-refractivity contribution < 1.29 is 32.8 Å². The molecule has 0 spiro atoms. The van der Waals surface area contributed by atoms with E-state index in [1.165, 1.54) is 20.5 Å². The van der Waals surface area contributed by atoms with E-state index in [-0.39, 0.29) is 17.8 Å². The lowest BCUT2D eigenvalue weighted by Crippen LogP contribution is -2.08. The predicted molar refractivity (Wildman–Crippen MR) is 149 cm³/mol. The molecule has 0 radical (unpaired) electrons. The third kappa shape index (κ3) is 4.75. The zero-order valence-corrected chi connectivity index (χ0v) is 22.0. The molecule has 4 aromatic carbocycles. The number of hydrogen-bond donors (Lipinski definition) is 0. The molecule has 2 heterocycles. The van der Waals surface area contributed by atoms with Gasteiger partial charge in [0.2, 0.25) is 23.7 Å². The first-order valence-corrected chi connectivity index (χ1v) is 12.6. The van der Waals surface area contributed by atoms with E-state index in [1.54, 1.807) is 18.2 Å². The summed E-state index contributed by atoms with van der Waals surface area (Å²) in [6.07, 6.45) is 1.40. The predicted octanol–water partition coefficient (Wildman–Crippen LogP) is 6.36. The standard InChI is InChI=1S/C32H26O8/c1-34-28-13-22(30(35-2)32-31(28)39-19-40-32)24-18-38-25-15-27(37-17-21-11-7-4-8-12-21)26(14-23(25)29(24)33)36-16-20-9-5-3-6-10-20/h3-15,18H,16-17,19H2,1-2H3. The van der Waals surface area contributed by atoms with Crippen molar-refractivity contribution in [1.82, 2.24) is 0 Å². The largest absolute Gasteiger partial charge is 0.493 e. The summed E-state index contributed by atoms with van der Waals surface area (Å²) in [6, 6.07) is 24.6. The van der Waals surface area contributed by atoms with E-state index in [1.807, 2.05) is 60.7 Å². The zero-order valence-electron chi connectivity index (χ0n) is 22.0. The lowest BCUT2D eigenvalue weighted by Gasteiger charge is -2.15. The van der Waals surface area contributed by atoms with Crippen LogP contribution in [0.3, 0.4) is 0 Å². The molecule has 0 aliphatic carbocycles. The van der Waals surface area contributed by atoms with Crippen molar-refractivity contribution in [3.8, 4) is 45.6 Å². The van der Waals surface area contributed by atoms with Gasteiger partial charge in [-0.3, -0.25) is 4.79 Å². The van der Waals surface area contributed by atoms with Crippen LogP contribution in [-0.2, 0) is 13.2 Å². The fourth-order valence-corrected chi connectivity index (χ4v) is 4.59. The smallest absolute Gasteiger partial charge is 0.231 e. The summed E-state index contributed by atoms with van der Waals surface area (Å²) in [5.74, 6) is 2.44. The lowest BCUT2D eigenvalue weighted by atomic mass is 10.0. The normalized spacial score (nSPS) is 11.8. The van der Waals surface area contributed by atoms with Crippen LogP contribution in [-0.4, -0.2) is 21.0 Å². The molecular weight excluding hydrogens is 512 g/mol. The molecular formula is C32H26O8. The third-order valence-corrected chi connectivity index (χ3v) is 6.59. The second kappa shape index (κ2) is 10.9. The van der Waals surface area contributed by atoms with E-state index >= 15 is 0 Å². The number of methoxy groups -OCH3 is 2. The van der Waals surface area contributed by atoms with E-state index in [0.717, 1.165) is 11.1 Å². The van der Waals surface area contributed by atoms with Gasteiger partial charge in [-0.15, -0.1) is 0 Å². The van der Waals surface area contributed by atoms with Crippen LogP contribution in [0.2, 0.25) is 0 Å². The topological polar surface area (TPSA) is 85.6 Å². The molecule has 0 fully saturated rings. The second-order valence-electron chi connectivity index (χ2n) is 9.05. The number of fused-ring (bicyclic) bond motifs is 2. The minimum Gasteiger partial charge on any atom is -0.493 e. The van der Waals surface area contributed by atoms with Crippen LogP contribution in [0.25, 0.3) is 22.1 Å². The third-order valence-electron chi connectivity index (χ3n) is 6.59. The van der Waals surface area contributed by atoms with Crippen molar-refractivity contribution in [3.05, 3.63) is 106 Å². The first-order valence-electron chi connectivity index (χ1n) is 12.6. The highest BCUT2D eigenvalue weighted by atomic mass is 16.7. The van der Waals surface area contributed by atoms with Gasteiger partial charge in [0, 0.05) is 11.6 Å². The Morgan fingerprint density at radius 2 is 1.32 bits per heavy atom. The van der Waals surface area contributed by atoms with Gasteiger partial charge in [-0.1, -0.05) is 60.7 Å². The molecule has 6 rings (SSSR count). The van der Waals surface area contributed by atoms with Crippen molar-refractivity contribution in [2.75, 3.05) is 21.0 Å². The summed E-state index contributed by atoms with van der Waals surface area (Å²) >= 11 is 0. The maximum Gasteiger partial charge on any atom is 0.231 e. The molecule has 0 N–H and O–H groups in total. The van der Waals surface area contributed by atoms with Gasteiger partial charge >= 0.3 is 0 Å². The number of hydrogen-bond acceptors (Lipinski definition) is 8. The van der Waals surface area contributed by atoms with Crippen LogP contribution in [0.1, 0.15) is 11.1 Å². The zero-order chi connectivity index (χ0) is 27.5. The first-order chi connectivity index (χ1) is 19.7. The fourth-order valence-electron chi connectivity index (χ4n) is 4.59. The van der Waals surface area contributed by atoms with Crippen LogP contribution >= 0.6 is 0 Å². The summed E-state index contributed by atoms with van der Waals surface area (Å²) in [4.78, 5) is 13.9. The molecule has 1 aliphatic heterocycles. The molecule has 0 amide bonds. The molecule has 40 heavy (non-hydrogen) atoms. The van der Waals surface area contributed by atoms with Gasteiger partial charge in [-0.05, 0) is 23.3 Å². The fraction of sp³-hybridized carbons (Fsp3) is 0.156. The Bertz CT molecular complexity index is 1710. The van der Waals surface area contributed by atoms with Crippen molar-refractivity contribution in [2.45, 2.75) is 13.2 Å². The molecule has 0 saturated carbocycles. The average Bonchev–Trinajstić information content (AvgIpc) is 3.49. The molecule has 5 aromatic rings. The monoisotopic (exact) mass is 538 g/mol. The molecule has 0 bridgehead atoms. The molecule has 8 nitrogen and oxygen atoms in total. The Labute approximate surface area is 230 Å². The summed E-state index contributed by atoms with van der Waals surface area (Å²) in [6.45, 7) is 0.641. The van der Waals surface area contributed by atoms with Gasteiger partial charge in [0.1, 0.15) is 25.1 Å². The lowest BCUT2D eigenvalue weighted by molar-refractivity contribution is 0.168. The molecule has 1 aliphatic rings. The van der Waals surface area contributed by atoms with E-state index in [0.29, 0.717) is 64.2 Å². The van der Waals surface area contributed by atoms with Crippen molar-refractivity contribution in [1.29, 1.82) is 0 Å². The minimum absolute atomic E-state index is 0.0195. The summed E-state index contributed by atoms with van der Waals surface area (Å²) in [7, 11) is 3.02. The molecule has 0 atom stereocenters.